The number of benzene rings is 2. The highest BCUT2D eigenvalue weighted by Gasteiger charge is 2.28. The zero-order valence-electron chi connectivity index (χ0n) is 18.9. The fourth-order valence-electron chi connectivity index (χ4n) is 4.02. The van der Waals surface area contributed by atoms with Crippen LogP contribution in [0.5, 0.6) is 0 Å². The summed E-state index contributed by atoms with van der Waals surface area (Å²) in [6, 6.07) is 16.0. The number of hydrogen-bond acceptors (Lipinski definition) is 5. The van der Waals surface area contributed by atoms with Crippen molar-refractivity contribution < 1.29 is 14.5 Å². The van der Waals surface area contributed by atoms with Gasteiger partial charge in [-0.2, -0.15) is 0 Å². The van der Waals surface area contributed by atoms with E-state index in [0.29, 0.717) is 18.7 Å². The lowest BCUT2D eigenvalue weighted by Gasteiger charge is -2.29. The Kier molecular flexibility index (Phi) is 9.30. The molecule has 0 spiro atoms. The molecule has 2 aromatic rings. The molecule has 7 nitrogen and oxygen atoms in total. The van der Waals surface area contributed by atoms with E-state index in [1.807, 2.05) is 30.3 Å². The van der Waals surface area contributed by atoms with Crippen LogP contribution < -0.4 is 5.32 Å². The lowest BCUT2D eigenvalue weighted by Crippen LogP contribution is -2.51. The van der Waals surface area contributed by atoms with E-state index in [4.69, 9.17) is 0 Å². The molecule has 1 saturated carbocycles. The number of non-ortho nitro benzene ring substituents is 1. The molecule has 2 aromatic carbocycles. The van der Waals surface area contributed by atoms with Gasteiger partial charge in [0.15, 0.2) is 0 Å². The minimum absolute atomic E-state index is 0.0500. The second-order valence-corrected chi connectivity index (χ2v) is 9.39. The van der Waals surface area contributed by atoms with E-state index in [9.17, 15) is 19.7 Å². The van der Waals surface area contributed by atoms with Gasteiger partial charge in [-0.3, -0.25) is 19.7 Å². The standard InChI is InChI=1S/C25H31N3O4S/c1-19(25(30)26-22-9-5-6-10-22)27(16-15-20-7-3-2-4-8-20)24(29)18-33-17-21-11-13-23(14-12-21)28(31)32/h2-4,7-8,11-14,19,22H,5-6,9-10,15-18H2,1H3,(H,26,30)/t19-/m1/s1. The van der Waals surface area contributed by atoms with E-state index in [1.54, 1.807) is 24.0 Å². The maximum Gasteiger partial charge on any atom is 0.269 e. The molecule has 1 aliphatic carbocycles. The Labute approximate surface area is 199 Å². The van der Waals surface area contributed by atoms with E-state index in [-0.39, 0.29) is 29.3 Å². The van der Waals surface area contributed by atoms with Gasteiger partial charge in [0, 0.05) is 30.5 Å². The zero-order valence-corrected chi connectivity index (χ0v) is 19.8. The summed E-state index contributed by atoms with van der Waals surface area (Å²) < 4.78 is 0. The molecule has 1 N–H and O–H groups in total. The second kappa shape index (κ2) is 12.4. The molecule has 33 heavy (non-hydrogen) atoms. The molecule has 1 atom stereocenters. The van der Waals surface area contributed by atoms with Crippen LogP contribution in [0.1, 0.15) is 43.7 Å². The van der Waals surface area contributed by atoms with Crippen LogP contribution in [0.15, 0.2) is 54.6 Å². The lowest BCUT2D eigenvalue weighted by atomic mass is 10.1. The summed E-state index contributed by atoms with van der Waals surface area (Å²) in [5.41, 5.74) is 2.09. The molecule has 2 amide bonds. The first-order valence-corrected chi connectivity index (χ1v) is 12.5. The lowest BCUT2D eigenvalue weighted by molar-refractivity contribution is -0.384. The molecule has 0 unspecified atom stereocenters. The quantitative estimate of drug-likeness (QED) is 0.390. The second-order valence-electron chi connectivity index (χ2n) is 8.41. The Bertz CT molecular complexity index is 930. The van der Waals surface area contributed by atoms with Gasteiger partial charge in [-0.25, -0.2) is 0 Å². The number of rotatable bonds is 11. The average molecular weight is 470 g/mol. The number of hydrogen-bond donors (Lipinski definition) is 1. The Balaban J connectivity index is 1.58. The van der Waals surface area contributed by atoms with Crippen molar-refractivity contribution >= 4 is 29.3 Å². The Morgan fingerprint density at radius 2 is 1.76 bits per heavy atom. The minimum atomic E-state index is -0.540. The SMILES string of the molecule is C[C@H](C(=O)NC1CCCC1)N(CCc1ccccc1)C(=O)CSCc1ccc([N+](=O)[O-])cc1. The fraction of sp³-hybridized carbons (Fsp3) is 0.440. The summed E-state index contributed by atoms with van der Waals surface area (Å²) in [5, 5.41) is 13.9. The highest BCUT2D eigenvalue weighted by Crippen LogP contribution is 2.20. The van der Waals surface area contributed by atoms with Crippen molar-refractivity contribution in [2.45, 2.75) is 56.9 Å². The molecule has 0 bridgehead atoms. The number of carbonyl (C=O) groups is 2. The maximum absolute atomic E-state index is 13.1. The number of nitro benzene ring substituents is 1. The van der Waals surface area contributed by atoms with Crippen molar-refractivity contribution in [3.8, 4) is 0 Å². The normalized spacial score (nSPS) is 14.6. The topological polar surface area (TPSA) is 92.6 Å². The number of nitrogens with zero attached hydrogens (tertiary/aromatic N) is 2. The van der Waals surface area contributed by atoms with Crippen molar-refractivity contribution in [2.75, 3.05) is 12.3 Å². The van der Waals surface area contributed by atoms with Crippen LogP contribution in [-0.2, 0) is 21.8 Å². The molecule has 0 heterocycles. The molecule has 8 heteroatoms. The minimum Gasteiger partial charge on any atom is -0.352 e. The van der Waals surface area contributed by atoms with Crippen LogP contribution >= 0.6 is 11.8 Å². The van der Waals surface area contributed by atoms with E-state index in [1.165, 1.54) is 23.9 Å². The van der Waals surface area contributed by atoms with Gasteiger partial charge in [-0.15, -0.1) is 11.8 Å². The third kappa shape index (κ3) is 7.60. The molecule has 0 radical (unpaired) electrons. The zero-order chi connectivity index (χ0) is 23.6. The van der Waals surface area contributed by atoms with E-state index in [2.05, 4.69) is 5.32 Å². The van der Waals surface area contributed by atoms with Gasteiger partial charge in [0.1, 0.15) is 6.04 Å². The largest absolute Gasteiger partial charge is 0.352 e. The third-order valence-corrected chi connectivity index (χ3v) is 6.98. The van der Waals surface area contributed by atoms with Crippen molar-refractivity contribution in [3.63, 3.8) is 0 Å². The van der Waals surface area contributed by atoms with Crippen molar-refractivity contribution in [3.05, 3.63) is 75.8 Å². The summed E-state index contributed by atoms with van der Waals surface area (Å²) >= 11 is 1.45. The highest BCUT2D eigenvalue weighted by atomic mass is 32.2. The first-order valence-electron chi connectivity index (χ1n) is 11.4. The molecule has 0 saturated heterocycles. The number of nitrogens with one attached hydrogen (secondary N) is 1. The van der Waals surface area contributed by atoms with Gasteiger partial charge in [0.2, 0.25) is 11.8 Å². The van der Waals surface area contributed by atoms with Gasteiger partial charge < -0.3 is 10.2 Å². The predicted octanol–water partition coefficient (Wildman–Crippen LogP) is 4.35. The molecule has 0 aliphatic heterocycles. The van der Waals surface area contributed by atoms with Crippen LogP contribution in [0.3, 0.4) is 0 Å². The molecule has 1 fully saturated rings. The monoisotopic (exact) mass is 469 g/mol. The molecular weight excluding hydrogens is 438 g/mol. The number of carbonyl (C=O) groups excluding carboxylic acids is 2. The van der Waals surface area contributed by atoms with Crippen LogP contribution in [0, 0.1) is 10.1 Å². The molecule has 3 rings (SSSR count). The summed E-state index contributed by atoms with van der Waals surface area (Å²) in [5.74, 6) is 0.641. The fourth-order valence-corrected chi connectivity index (χ4v) is 4.89. The first-order chi connectivity index (χ1) is 15.9. The van der Waals surface area contributed by atoms with Crippen LogP contribution in [-0.4, -0.2) is 46.0 Å². The smallest absolute Gasteiger partial charge is 0.269 e. The molecular formula is C25H31N3O4S. The van der Waals surface area contributed by atoms with Crippen LogP contribution in [0.4, 0.5) is 5.69 Å². The Hall–Kier alpha value is -2.87. The van der Waals surface area contributed by atoms with Crippen molar-refractivity contribution in [1.29, 1.82) is 0 Å². The molecule has 0 aromatic heterocycles. The van der Waals surface area contributed by atoms with Crippen LogP contribution in [0.2, 0.25) is 0 Å². The van der Waals surface area contributed by atoms with Gasteiger partial charge in [0.25, 0.3) is 5.69 Å². The number of nitro groups is 1. The highest BCUT2D eigenvalue weighted by molar-refractivity contribution is 7.99. The van der Waals surface area contributed by atoms with Gasteiger partial charge in [0.05, 0.1) is 10.7 Å². The summed E-state index contributed by atoms with van der Waals surface area (Å²) in [4.78, 5) is 38.0. The van der Waals surface area contributed by atoms with Gasteiger partial charge in [-0.1, -0.05) is 55.3 Å². The maximum atomic E-state index is 13.1. The van der Waals surface area contributed by atoms with Crippen molar-refractivity contribution in [2.24, 2.45) is 0 Å². The average Bonchev–Trinajstić information content (AvgIpc) is 3.33. The summed E-state index contributed by atoms with van der Waals surface area (Å²) in [6.45, 7) is 2.27. The predicted molar refractivity (Wildman–Crippen MR) is 131 cm³/mol. The summed E-state index contributed by atoms with van der Waals surface area (Å²) in [7, 11) is 0. The van der Waals surface area contributed by atoms with E-state index in [0.717, 1.165) is 36.8 Å². The van der Waals surface area contributed by atoms with Gasteiger partial charge >= 0.3 is 0 Å². The third-order valence-electron chi connectivity index (χ3n) is 5.99. The Morgan fingerprint density at radius 1 is 1.09 bits per heavy atom. The van der Waals surface area contributed by atoms with E-state index >= 15 is 0 Å². The Morgan fingerprint density at radius 3 is 2.39 bits per heavy atom. The van der Waals surface area contributed by atoms with Crippen molar-refractivity contribution in [1.82, 2.24) is 10.2 Å². The summed E-state index contributed by atoms with van der Waals surface area (Å²) in [6.07, 6.45) is 4.95. The molecule has 176 valence electrons. The molecule has 1 aliphatic rings. The van der Waals surface area contributed by atoms with Crippen LogP contribution in [0.25, 0.3) is 0 Å². The van der Waals surface area contributed by atoms with Gasteiger partial charge in [-0.05, 0) is 37.3 Å². The number of amides is 2. The first kappa shape index (κ1) is 24.8. The number of thioether (sulfide) groups is 1. The van der Waals surface area contributed by atoms with E-state index < -0.39 is 11.0 Å².